The van der Waals surface area contributed by atoms with Crippen molar-refractivity contribution in [2.24, 2.45) is 0 Å². The van der Waals surface area contributed by atoms with Gasteiger partial charge in [0.25, 0.3) is 11.5 Å². The van der Waals surface area contributed by atoms with Crippen LogP contribution in [0.1, 0.15) is 21.6 Å². The number of halogens is 1. The summed E-state index contributed by atoms with van der Waals surface area (Å²) in [6.45, 7) is 2.15. The van der Waals surface area contributed by atoms with Gasteiger partial charge in [-0.3, -0.25) is 9.59 Å². The fraction of sp³-hybridized carbons (Fsp3) is 0.111. The number of amides is 1. The summed E-state index contributed by atoms with van der Waals surface area (Å²) in [4.78, 5) is 27.8. The van der Waals surface area contributed by atoms with E-state index in [-0.39, 0.29) is 17.8 Å². The lowest BCUT2D eigenvalue weighted by Gasteiger charge is -2.05. The van der Waals surface area contributed by atoms with Gasteiger partial charge in [0.05, 0.1) is 11.0 Å². The van der Waals surface area contributed by atoms with E-state index in [4.69, 9.17) is 11.6 Å². The molecule has 1 amide bonds. The van der Waals surface area contributed by atoms with Crippen LogP contribution < -0.4 is 10.9 Å². The number of aromatic nitrogens is 4. The molecule has 2 aromatic heterocycles. The summed E-state index contributed by atoms with van der Waals surface area (Å²) >= 11 is 6.09. The first kappa shape index (κ1) is 16.3. The average molecular weight is 368 g/mol. The summed E-state index contributed by atoms with van der Waals surface area (Å²) in [5.74, 6) is -0.489. The minimum atomic E-state index is -0.489. The normalized spacial score (nSPS) is 11.2. The van der Waals surface area contributed by atoms with Crippen molar-refractivity contribution in [1.82, 2.24) is 25.1 Å². The maximum absolute atomic E-state index is 12.5. The van der Waals surface area contributed by atoms with Crippen LogP contribution in [0.4, 0.5) is 0 Å². The van der Waals surface area contributed by atoms with Gasteiger partial charge in [-0.2, -0.15) is 0 Å². The molecule has 8 heteroatoms. The molecule has 7 nitrogen and oxygen atoms in total. The molecular formula is C18H14ClN5O2. The highest BCUT2D eigenvalue weighted by Crippen LogP contribution is 2.16. The number of rotatable bonds is 3. The van der Waals surface area contributed by atoms with Gasteiger partial charge in [-0.15, -0.1) is 5.10 Å². The van der Waals surface area contributed by atoms with E-state index in [0.717, 1.165) is 11.1 Å². The van der Waals surface area contributed by atoms with Crippen LogP contribution >= 0.6 is 11.6 Å². The quantitative estimate of drug-likeness (QED) is 0.581. The second-order valence-corrected chi connectivity index (χ2v) is 6.35. The van der Waals surface area contributed by atoms with Crippen molar-refractivity contribution in [2.45, 2.75) is 13.5 Å². The third kappa shape index (κ3) is 2.72. The number of carbonyl (C=O) groups is 1. The number of hydrogen-bond acceptors (Lipinski definition) is 4. The summed E-state index contributed by atoms with van der Waals surface area (Å²) in [5, 5.41) is 11.2. The van der Waals surface area contributed by atoms with Crippen molar-refractivity contribution >= 4 is 34.1 Å². The van der Waals surface area contributed by atoms with Gasteiger partial charge in [-0.05, 0) is 36.2 Å². The van der Waals surface area contributed by atoms with Crippen molar-refractivity contribution in [3.63, 3.8) is 0 Å². The predicted molar refractivity (Wildman–Crippen MR) is 98.5 cm³/mol. The summed E-state index contributed by atoms with van der Waals surface area (Å²) in [5.41, 5.74) is 2.74. The highest BCUT2D eigenvalue weighted by Gasteiger charge is 2.19. The Morgan fingerprint density at radius 3 is 2.88 bits per heavy atom. The minimum Gasteiger partial charge on any atom is -0.346 e. The first-order chi connectivity index (χ1) is 12.5. The zero-order valence-corrected chi connectivity index (χ0v) is 14.5. The summed E-state index contributed by atoms with van der Waals surface area (Å²) in [7, 11) is 0. The van der Waals surface area contributed by atoms with Crippen LogP contribution in [0.15, 0.2) is 47.3 Å². The number of H-pyrrole nitrogens is 1. The molecule has 0 aliphatic carbocycles. The third-order valence-electron chi connectivity index (χ3n) is 4.13. The molecule has 4 aromatic rings. The van der Waals surface area contributed by atoms with Gasteiger partial charge < -0.3 is 10.3 Å². The van der Waals surface area contributed by atoms with E-state index < -0.39 is 11.5 Å². The fourth-order valence-electron chi connectivity index (χ4n) is 2.82. The zero-order chi connectivity index (χ0) is 18.3. The van der Waals surface area contributed by atoms with Gasteiger partial charge in [0.15, 0.2) is 11.2 Å². The van der Waals surface area contributed by atoms with E-state index in [9.17, 15) is 9.59 Å². The monoisotopic (exact) mass is 367 g/mol. The lowest BCUT2D eigenvalue weighted by atomic mass is 10.2. The number of aromatic amines is 1. The summed E-state index contributed by atoms with van der Waals surface area (Å²) in [6, 6.07) is 12.8. The first-order valence-corrected chi connectivity index (χ1v) is 8.32. The van der Waals surface area contributed by atoms with Crippen LogP contribution in [0.2, 0.25) is 5.02 Å². The molecule has 26 heavy (non-hydrogen) atoms. The van der Waals surface area contributed by atoms with E-state index in [1.165, 1.54) is 4.52 Å². The van der Waals surface area contributed by atoms with Gasteiger partial charge in [-0.1, -0.05) is 41.1 Å². The number of benzene rings is 2. The Bertz CT molecular complexity index is 1210. The topological polar surface area (TPSA) is 92.1 Å². The molecule has 0 saturated heterocycles. The number of nitrogens with zero attached hydrogens (tertiary/aromatic N) is 3. The highest BCUT2D eigenvalue weighted by atomic mass is 35.5. The Hall–Kier alpha value is -3.19. The van der Waals surface area contributed by atoms with Gasteiger partial charge >= 0.3 is 0 Å². The van der Waals surface area contributed by atoms with Crippen molar-refractivity contribution in [3.8, 4) is 0 Å². The van der Waals surface area contributed by atoms with Crippen LogP contribution in [0.5, 0.6) is 0 Å². The van der Waals surface area contributed by atoms with Crippen LogP contribution in [0.25, 0.3) is 16.6 Å². The van der Waals surface area contributed by atoms with Crippen molar-refractivity contribution in [1.29, 1.82) is 0 Å². The Balaban J connectivity index is 1.73. The first-order valence-electron chi connectivity index (χ1n) is 7.94. The molecule has 0 atom stereocenters. The standard InChI is InChI=1S/C18H14ClN5O2/c1-10-6-7-14-13(8-10)21-18(26)16-15(22-23-24(14)16)17(25)20-9-11-4-2-3-5-12(11)19/h2-8H,9H2,1H3,(H,20,25)(H,21,26). The van der Waals surface area contributed by atoms with E-state index >= 15 is 0 Å². The molecule has 0 bridgehead atoms. The zero-order valence-electron chi connectivity index (χ0n) is 13.8. The number of carbonyl (C=O) groups excluding carboxylic acids is 1. The Morgan fingerprint density at radius 1 is 1.27 bits per heavy atom. The molecule has 2 N–H and O–H groups in total. The molecule has 2 heterocycles. The van der Waals surface area contributed by atoms with Crippen LogP contribution in [-0.4, -0.2) is 25.7 Å². The van der Waals surface area contributed by atoms with E-state index in [1.807, 2.05) is 43.3 Å². The second-order valence-electron chi connectivity index (χ2n) is 5.95. The number of fused-ring (bicyclic) bond motifs is 3. The summed E-state index contributed by atoms with van der Waals surface area (Å²) < 4.78 is 1.39. The second kappa shape index (κ2) is 6.27. The molecular weight excluding hydrogens is 354 g/mol. The van der Waals surface area contributed by atoms with E-state index in [0.29, 0.717) is 16.1 Å². The molecule has 0 radical (unpaired) electrons. The molecule has 0 aliphatic heterocycles. The molecule has 0 aliphatic rings. The van der Waals surface area contributed by atoms with E-state index in [2.05, 4.69) is 20.6 Å². The Labute approximate surface area is 152 Å². The van der Waals surface area contributed by atoms with Crippen LogP contribution in [0, 0.1) is 6.92 Å². The molecule has 0 spiro atoms. The maximum atomic E-state index is 12.5. The predicted octanol–water partition coefficient (Wildman–Crippen LogP) is 2.46. The lowest BCUT2D eigenvalue weighted by Crippen LogP contribution is -2.25. The molecule has 0 unspecified atom stereocenters. The maximum Gasteiger partial charge on any atom is 0.277 e. The Kier molecular flexibility index (Phi) is 3.93. The van der Waals surface area contributed by atoms with Crippen LogP contribution in [-0.2, 0) is 6.54 Å². The number of nitrogens with one attached hydrogen (secondary N) is 2. The average Bonchev–Trinajstić information content (AvgIpc) is 3.06. The molecule has 0 fully saturated rings. The smallest absolute Gasteiger partial charge is 0.277 e. The molecule has 0 saturated carbocycles. The Morgan fingerprint density at radius 2 is 2.08 bits per heavy atom. The van der Waals surface area contributed by atoms with Crippen LogP contribution in [0.3, 0.4) is 0 Å². The SMILES string of the molecule is Cc1ccc2c(c1)[nH]c(=O)c1c(C(=O)NCc3ccccc3Cl)nnn12. The molecule has 2 aromatic carbocycles. The number of hydrogen-bond donors (Lipinski definition) is 2. The van der Waals surface area contributed by atoms with Gasteiger partial charge in [-0.25, -0.2) is 4.52 Å². The number of aryl methyl sites for hydroxylation is 1. The third-order valence-corrected chi connectivity index (χ3v) is 4.49. The fourth-order valence-corrected chi connectivity index (χ4v) is 3.03. The molecule has 4 rings (SSSR count). The highest BCUT2D eigenvalue weighted by molar-refractivity contribution is 6.31. The minimum absolute atomic E-state index is 0.0271. The lowest BCUT2D eigenvalue weighted by molar-refractivity contribution is 0.0947. The van der Waals surface area contributed by atoms with Crippen molar-refractivity contribution < 1.29 is 4.79 Å². The van der Waals surface area contributed by atoms with Gasteiger partial charge in [0.1, 0.15) is 0 Å². The van der Waals surface area contributed by atoms with E-state index in [1.54, 1.807) is 6.07 Å². The summed E-state index contributed by atoms with van der Waals surface area (Å²) in [6.07, 6.45) is 0. The largest absolute Gasteiger partial charge is 0.346 e. The van der Waals surface area contributed by atoms with Crippen molar-refractivity contribution in [3.05, 3.63) is 74.7 Å². The molecule has 130 valence electrons. The van der Waals surface area contributed by atoms with Crippen molar-refractivity contribution in [2.75, 3.05) is 0 Å². The van der Waals surface area contributed by atoms with Gasteiger partial charge in [0, 0.05) is 11.6 Å². The van der Waals surface area contributed by atoms with Gasteiger partial charge in [0.2, 0.25) is 0 Å².